The Bertz CT molecular complexity index is 429. The van der Waals surface area contributed by atoms with E-state index in [9.17, 15) is 5.11 Å². The molecule has 1 aromatic carbocycles. The largest absolute Gasteiger partial charge is 0.391 e. The molecule has 4 nitrogen and oxygen atoms in total. The van der Waals surface area contributed by atoms with Gasteiger partial charge in [-0.05, 0) is 24.0 Å². The van der Waals surface area contributed by atoms with Crippen molar-refractivity contribution in [1.29, 1.82) is 0 Å². The van der Waals surface area contributed by atoms with E-state index in [1.54, 1.807) is 0 Å². The van der Waals surface area contributed by atoms with Crippen LogP contribution in [0.4, 0.5) is 5.69 Å². The van der Waals surface area contributed by atoms with Crippen LogP contribution in [0.3, 0.4) is 0 Å². The van der Waals surface area contributed by atoms with Gasteiger partial charge in [-0.1, -0.05) is 32.0 Å². The van der Waals surface area contributed by atoms with E-state index in [1.165, 1.54) is 5.56 Å². The van der Waals surface area contributed by atoms with Crippen LogP contribution in [0, 0.1) is 5.92 Å². The number of nitrogens with zero attached hydrogens (tertiary/aromatic N) is 1. The number of fused-ring (bicyclic) bond motifs is 1. The lowest BCUT2D eigenvalue weighted by molar-refractivity contribution is 0.152. The molecule has 1 aliphatic rings. The van der Waals surface area contributed by atoms with Crippen molar-refractivity contribution < 1.29 is 5.11 Å². The van der Waals surface area contributed by atoms with Crippen molar-refractivity contribution in [2.45, 2.75) is 32.9 Å². The molecular formula is C14H21N3O. The third kappa shape index (κ3) is 3.47. The fourth-order valence-corrected chi connectivity index (χ4v) is 2.05. The number of guanidine groups is 1. The number of aliphatic imine (C=N–C) groups is 1. The molecule has 0 radical (unpaired) electrons. The molecule has 1 atom stereocenters. The summed E-state index contributed by atoms with van der Waals surface area (Å²) in [5.41, 5.74) is 2.29. The van der Waals surface area contributed by atoms with Crippen molar-refractivity contribution in [1.82, 2.24) is 5.32 Å². The SMILES string of the molecule is CC(C)CC(O)CNC1=NCc2ccccc2N1. The first-order valence-electron chi connectivity index (χ1n) is 6.46. The summed E-state index contributed by atoms with van der Waals surface area (Å²) in [6.07, 6.45) is 0.475. The highest BCUT2D eigenvalue weighted by molar-refractivity contribution is 5.95. The molecule has 0 spiro atoms. The standard InChI is InChI=1S/C14H21N3O/c1-10(2)7-12(18)9-16-14-15-8-11-5-3-4-6-13(11)17-14/h3-6,10,12,18H,7-9H2,1-2H3,(H2,15,16,17). The number of para-hydroxylation sites is 1. The molecule has 0 bridgehead atoms. The molecule has 0 amide bonds. The quantitative estimate of drug-likeness (QED) is 0.762. The zero-order chi connectivity index (χ0) is 13.0. The molecule has 18 heavy (non-hydrogen) atoms. The molecule has 4 heteroatoms. The number of aliphatic hydroxyl groups excluding tert-OH is 1. The van der Waals surface area contributed by atoms with E-state index in [-0.39, 0.29) is 6.10 Å². The smallest absolute Gasteiger partial charge is 0.196 e. The maximum atomic E-state index is 9.80. The monoisotopic (exact) mass is 247 g/mol. The number of benzene rings is 1. The number of hydrogen-bond acceptors (Lipinski definition) is 4. The predicted molar refractivity (Wildman–Crippen MR) is 74.7 cm³/mol. The van der Waals surface area contributed by atoms with Gasteiger partial charge in [-0.25, -0.2) is 4.99 Å². The molecule has 1 heterocycles. The third-order valence-corrected chi connectivity index (χ3v) is 2.93. The summed E-state index contributed by atoms with van der Waals surface area (Å²) >= 11 is 0. The summed E-state index contributed by atoms with van der Waals surface area (Å²) in [6.45, 7) is 5.43. The topological polar surface area (TPSA) is 56.6 Å². The molecule has 2 rings (SSSR count). The van der Waals surface area contributed by atoms with Crippen LogP contribution in [0.2, 0.25) is 0 Å². The Hall–Kier alpha value is -1.55. The van der Waals surface area contributed by atoms with Gasteiger partial charge in [-0.3, -0.25) is 0 Å². The van der Waals surface area contributed by atoms with Crippen LogP contribution in [0.1, 0.15) is 25.8 Å². The summed E-state index contributed by atoms with van der Waals surface area (Å²) < 4.78 is 0. The van der Waals surface area contributed by atoms with Crippen molar-refractivity contribution in [3.63, 3.8) is 0 Å². The predicted octanol–water partition coefficient (Wildman–Crippen LogP) is 1.96. The number of hydrogen-bond donors (Lipinski definition) is 3. The van der Waals surface area contributed by atoms with Crippen LogP contribution in [-0.4, -0.2) is 23.7 Å². The molecule has 1 aromatic rings. The van der Waals surface area contributed by atoms with Crippen LogP contribution in [0.15, 0.2) is 29.3 Å². The van der Waals surface area contributed by atoms with Crippen molar-refractivity contribution >= 4 is 11.6 Å². The van der Waals surface area contributed by atoms with Crippen LogP contribution in [-0.2, 0) is 6.54 Å². The van der Waals surface area contributed by atoms with E-state index in [1.807, 2.05) is 18.2 Å². The summed E-state index contributed by atoms with van der Waals surface area (Å²) in [5, 5.41) is 16.2. The van der Waals surface area contributed by atoms with E-state index in [0.29, 0.717) is 19.0 Å². The third-order valence-electron chi connectivity index (χ3n) is 2.93. The highest BCUT2D eigenvalue weighted by Crippen LogP contribution is 2.19. The van der Waals surface area contributed by atoms with Gasteiger partial charge >= 0.3 is 0 Å². The second kappa shape index (κ2) is 5.87. The van der Waals surface area contributed by atoms with Gasteiger partial charge in [-0.15, -0.1) is 0 Å². The second-order valence-electron chi connectivity index (χ2n) is 5.11. The van der Waals surface area contributed by atoms with Gasteiger partial charge in [-0.2, -0.15) is 0 Å². The first-order valence-corrected chi connectivity index (χ1v) is 6.46. The second-order valence-corrected chi connectivity index (χ2v) is 5.11. The van der Waals surface area contributed by atoms with Gasteiger partial charge in [0, 0.05) is 12.2 Å². The minimum Gasteiger partial charge on any atom is -0.391 e. The van der Waals surface area contributed by atoms with Gasteiger partial charge < -0.3 is 15.7 Å². The molecule has 0 aromatic heterocycles. The Morgan fingerprint density at radius 2 is 2.17 bits per heavy atom. The Morgan fingerprint density at radius 3 is 2.94 bits per heavy atom. The van der Waals surface area contributed by atoms with Crippen LogP contribution in [0.5, 0.6) is 0 Å². The molecule has 0 saturated heterocycles. The zero-order valence-electron chi connectivity index (χ0n) is 11.0. The molecule has 0 aliphatic carbocycles. The average molecular weight is 247 g/mol. The van der Waals surface area contributed by atoms with Crippen LogP contribution >= 0.6 is 0 Å². The number of rotatable bonds is 4. The molecule has 3 N–H and O–H groups in total. The van der Waals surface area contributed by atoms with Gasteiger partial charge in [0.1, 0.15) is 0 Å². The van der Waals surface area contributed by atoms with Gasteiger partial charge in [0.2, 0.25) is 0 Å². The molecule has 0 fully saturated rings. The van der Waals surface area contributed by atoms with Crippen molar-refractivity contribution in [2.24, 2.45) is 10.9 Å². The molecule has 1 unspecified atom stereocenters. The Balaban J connectivity index is 1.84. The maximum Gasteiger partial charge on any atom is 0.196 e. The summed E-state index contributed by atoms with van der Waals surface area (Å²) in [7, 11) is 0. The molecule has 98 valence electrons. The normalized spacial score (nSPS) is 15.7. The van der Waals surface area contributed by atoms with E-state index < -0.39 is 0 Å². The van der Waals surface area contributed by atoms with Crippen LogP contribution in [0.25, 0.3) is 0 Å². The number of nitrogens with one attached hydrogen (secondary N) is 2. The fourth-order valence-electron chi connectivity index (χ4n) is 2.05. The minimum absolute atomic E-state index is 0.327. The van der Waals surface area contributed by atoms with E-state index in [0.717, 1.165) is 18.1 Å². The van der Waals surface area contributed by atoms with Crippen molar-refractivity contribution in [3.8, 4) is 0 Å². The average Bonchev–Trinajstić information content (AvgIpc) is 2.35. The molecule has 1 aliphatic heterocycles. The first-order chi connectivity index (χ1) is 8.65. The lowest BCUT2D eigenvalue weighted by Crippen LogP contribution is -2.38. The summed E-state index contributed by atoms with van der Waals surface area (Å²) in [4.78, 5) is 4.41. The number of anilines is 1. The number of aliphatic hydroxyl groups is 1. The van der Waals surface area contributed by atoms with E-state index in [4.69, 9.17) is 0 Å². The minimum atomic E-state index is -0.327. The van der Waals surface area contributed by atoms with Gasteiger partial charge in [0.15, 0.2) is 5.96 Å². The van der Waals surface area contributed by atoms with E-state index in [2.05, 4.69) is 35.5 Å². The fraction of sp³-hybridized carbons (Fsp3) is 0.500. The van der Waals surface area contributed by atoms with E-state index >= 15 is 0 Å². The Morgan fingerprint density at radius 1 is 1.39 bits per heavy atom. The highest BCUT2D eigenvalue weighted by Gasteiger charge is 2.12. The van der Waals surface area contributed by atoms with Crippen molar-refractivity contribution in [2.75, 3.05) is 11.9 Å². The summed E-state index contributed by atoms with van der Waals surface area (Å²) in [5.74, 6) is 1.25. The van der Waals surface area contributed by atoms with Gasteiger partial charge in [0.05, 0.1) is 12.6 Å². The van der Waals surface area contributed by atoms with Crippen molar-refractivity contribution in [3.05, 3.63) is 29.8 Å². The molecular weight excluding hydrogens is 226 g/mol. The zero-order valence-corrected chi connectivity index (χ0v) is 11.0. The Labute approximate surface area is 108 Å². The highest BCUT2D eigenvalue weighted by atomic mass is 16.3. The summed E-state index contributed by atoms with van der Waals surface area (Å²) in [6, 6.07) is 8.12. The van der Waals surface area contributed by atoms with Crippen LogP contribution < -0.4 is 10.6 Å². The maximum absolute atomic E-state index is 9.80. The van der Waals surface area contributed by atoms with Gasteiger partial charge in [0.25, 0.3) is 0 Å². The Kier molecular flexibility index (Phi) is 4.20. The molecule has 0 saturated carbocycles. The first kappa shape index (κ1) is 12.9. The lowest BCUT2D eigenvalue weighted by Gasteiger charge is -2.21. The lowest BCUT2D eigenvalue weighted by atomic mass is 10.1.